The van der Waals surface area contributed by atoms with Crippen LogP contribution in [0.5, 0.6) is 0 Å². The Morgan fingerprint density at radius 2 is 2.09 bits per heavy atom. The van der Waals surface area contributed by atoms with Gasteiger partial charge in [0.1, 0.15) is 6.54 Å². The number of carbonyl (C=O) groups excluding carboxylic acids is 1. The summed E-state index contributed by atoms with van der Waals surface area (Å²) in [6, 6.07) is 9.49. The lowest BCUT2D eigenvalue weighted by Gasteiger charge is -2.07. The predicted octanol–water partition coefficient (Wildman–Crippen LogP) is 1.88. The number of rotatable bonds is 6. The molecule has 0 saturated carbocycles. The van der Waals surface area contributed by atoms with Crippen molar-refractivity contribution in [2.75, 3.05) is 0 Å². The van der Waals surface area contributed by atoms with Crippen LogP contribution >= 0.6 is 0 Å². The number of aromatic nitrogens is 4. The molecule has 1 aromatic heterocycles. The second kappa shape index (κ2) is 7.44. The summed E-state index contributed by atoms with van der Waals surface area (Å²) in [5.74, 6) is 0.557. The second-order valence-corrected chi connectivity index (χ2v) is 5.11. The smallest absolute Gasteiger partial charge is 0.263 e. The van der Waals surface area contributed by atoms with Gasteiger partial charge in [0.15, 0.2) is 0 Å². The van der Waals surface area contributed by atoms with Gasteiger partial charge >= 0.3 is 0 Å². The minimum absolute atomic E-state index is 0.0167. The van der Waals surface area contributed by atoms with Gasteiger partial charge in [-0.15, -0.1) is 10.2 Å². The van der Waals surface area contributed by atoms with Gasteiger partial charge in [-0.05, 0) is 24.5 Å². The number of benzene rings is 1. The summed E-state index contributed by atoms with van der Waals surface area (Å²) < 4.78 is 0. The van der Waals surface area contributed by atoms with Gasteiger partial charge in [-0.2, -0.15) is 9.90 Å². The molecule has 0 radical (unpaired) electrons. The number of carbonyl (C=O) groups is 1. The predicted molar refractivity (Wildman–Crippen MR) is 84.0 cm³/mol. The molecule has 1 amide bonds. The van der Waals surface area contributed by atoms with E-state index in [-0.39, 0.29) is 12.5 Å². The number of hydrogen-bond acceptors (Lipinski definition) is 5. The molecule has 0 unspecified atom stereocenters. The first-order chi connectivity index (χ1) is 10.6. The minimum atomic E-state index is -0.278. The molecular formula is C15H20N6O. The Balaban J connectivity index is 1.94. The van der Waals surface area contributed by atoms with Crippen LogP contribution in [0.2, 0.25) is 0 Å². The first-order valence-electron chi connectivity index (χ1n) is 7.26. The first kappa shape index (κ1) is 15.8. The zero-order chi connectivity index (χ0) is 15.9. The number of hydrogen-bond donors (Lipinski definition) is 1. The monoisotopic (exact) mass is 300 g/mol. The zero-order valence-corrected chi connectivity index (χ0v) is 13.0. The molecule has 0 saturated heterocycles. The normalized spacial score (nSPS) is 13.0. The van der Waals surface area contributed by atoms with E-state index in [0.29, 0.717) is 11.7 Å². The highest BCUT2D eigenvalue weighted by Crippen LogP contribution is 2.11. The van der Waals surface area contributed by atoms with Crippen LogP contribution < -0.4 is 5.43 Å². The van der Waals surface area contributed by atoms with E-state index < -0.39 is 0 Å². The van der Waals surface area contributed by atoms with E-state index in [1.165, 1.54) is 4.80 Å². The van der Waals surface area contributed by atoms with Crippen LogP contribution in [0, 0.1) is 5.92 Å². The number of nitrogens with zero attached hydrogens (tertiary/aromatic N) is 5. The van der Waals surface area contributed by atoms with Crippen molar-refractivity contribution in [3.05, 3.63) is 30.3 Å². The van der Waals surface area contributed by atoms with Gasteiger partial charge in [0.2, 0.25) is 5.82 Å². The highest BCUT2D eigenvalue weighted by atomic mass is 16.2. The van der Waals surface area contributed by atoms with Gasteiger partial charge in [-0.1, -0.05) is 44.2 Å². The summed E-state index contributed by atoms with van der Waals surface area (Å²) in [7, 11) is 0. The number of amides is 1. The molecule has 1 aromatic carbocycles. The van der Waals surface area contributed by atoms with E-state index in [1.54, 1.807) is 0 Å². The molecule has 2 rings (SSSR count). The second-order valence-electron chi connectivity index (χ2n) is 5.11. The van der Waals surface area contributed by atoms with Crippen LogP contribution in [0.1, 0.15) is 27.2 Å². The Kier molecular flexibility index (Phi) is 5.35. The Morgan fingerprint density at radius 1 is 1.36 bits per heavy atom. The molecule has 116 valence electrons. The van der Waals surface area contributed by atoms with E-state index in [9.17, 15) is 4.79 Å². The van der Waals surface area contributed by atoms with E-state index in [1.807, 2.05) is 37.3 Å². The lowest BCUT2D eigenvalue weighted by molar-refractivity contribution is -0.122. The molecule has 1 N–H and O–H groups in total. The van der Waals surface area contributed by atoms with Gasteiger partial charge in [0.05, 0.1) is 0 Å². The Morgan fingerprint density at radius 3 is 2.77 bits per heavy atom. The van der Waals surface area contributed by atoms with Crippen molar-refractivity contribution in [1.29, 1.82) is 0 Å². The Hall–Kier alpha value is -2.57. The van der Waals surface area contributed by atoms with Crippen molar-refractivity contribution in [1.82, 2.24) is 25.6 Å². The lowest BCUT2D eigenvalue weighted by Crippen LogP contribution is -2.26. The summed E-state index contributed by atoms with van der Waals surface area (Å²) in [5, 5.41) is 16.1. The van der Waals surface area contributed by atoms with Gasteiger partial charge < -0.3 is 0 Å². The van der Waals surface area contributed by atoms with Gasteiger partial charge in [-0.3, -0.25) is 4.79 Å². The molecule has 0 bridgehead atoms. The summed E-state index contributed by atoms with van der Waals surface area (Å²) in [4.78, 5) is 13.1. The average Bonchev–Trinajstić information content (AvgIpc) is 3.01. The molecule has 0 aliphatic carbocycles. The van der Waals surface area contributed by atoms with Crippen molar-refractivity contribution in [2.45, 2.75) is 33.7 Å². The average molecular weight is 300 g/mol. The highest BCUT2D eigenvalue weighted by molar-refractivity contribution is 5.85. The summed E-state index contributed by atoms with van der Waals surface area (Å²) in [6.07, 6.45) is 0.982. The topological polar surface area (TPSA) is 85.1 Å². The first-order valence-corrected chi connectivity index (χ1v) is 7.26. The fraction of sp³-hybridized carbons (Fsp3) is 0.400. The summed E-state index contributed by atoms with van der Waals surface area (Å²) >= 11 is 0. The van der Waals surface area contributed by atoms with Crippen LogP contribution in [0.4, 0.5) is 0 Å². The molecule has 0 aliphatic rings. The van der Waals surface area contributed by atoms with Crippen LogP contribution in [0.15, 0.2) is 35.4 Å². The van der Waals surface area contributed by atoms with Gasteiger partial charge in [0.25, 0.3) is 5.91 Å². The van der Waals surface area contributed by atoms with E-state index in [0.717, 1.165) is 17.7 Å². The number of hydrazone groups is 1. The van der Waals surface area contributed by atoms with Crippen LogP contribution in [-0.4, -0.2) is 31.8 Å². The molecule has 7 heteroatoms. The van der Waals surface area contributed by atoms with E-state index in [4.69, 9.17) is 0 Å². The molecular weight excluding hydrogens is 280 g/mol. The van der Waals surface area contributed by atoms with Crippen LogP contribution in [0.3, 0.4) is 0 Å². The molecule has 22 heavy (non-hydrogen) atoms. The maximum atomic E-state index is 11.8. The maximum Gasteiger partial charge on any atom is 0.263 e. The maximum absolute atomic E-state index is 11.8. The minimum Gasteiger partial charge on any atom is -0.271 e. The van der Waals surface area contributed by atoms with Crippen LogP contribution in [-0.2, 0) is 11.3 Å². The third-order valence-corrected chi connectivity index (χ3v) is 3.45. The molecule has 0 fully saturated rings. The third kappa shape index (κ3) is 4.21. The zero-order valence-electron chi connectivity index (χ0n) is 13.0. The van der Waals surface area contributed by atoms with Crippen molar-refractivity contribution in [3.8, 4) is 11.4 Å². The largest absolute Gasteiger partial charge is 0.271 e. The SMILES string of the molecule is CC[C@@H](C)/C(C)=N\NC(=O)Cn1nnc(-c2ccccc2)n1. The molecule has 7 nitrogen and oxygen atoms in total. The quantitative estimate of drug-likeness (QED) is 0.652. The van der Waals surface area contributed by atoms with Crippen molar-refractivity contribution in [3.63, 3.8) is 0 Å². The molecule has 2 aromatic rings. The van der Waals surface area contributed by atoms with Crippen LogP contribution in [0.25, 0.3) is 11.4 Å². The third-order valence-electron chi connectivity index (χ3n) is 3.45. The van der Waals surface area contributed by atoms with Crippen molar-refractivity contribution < 1.29 is 4.79 Å². The fourth-order valence-corrected chi connectivity index (χ4v) is 1.73. The number of tetrazole rings is 1. The lowest BCUT2D eigenvalue weighted by atomic mass is 10.1. The molecule has 0 spiro atoms. The highest BCUT2D eigenvalue weighted by Gasteiger charge is 2.09. The fourth-order valence-electron chi connectivity index (χ4n) is 1.73. The number of nitrogens with one attached hydrogen (secondary N) is 1. The van der Waals surface area contributed by atoms with Gasteiger partial charge in [0, 0.05) is 11.3 Å². The molecule has 0 aliphatic heterocycles. The Labute approximate surface area is 129 Å². The van der Waals surface area contributed by atoms with E-state index >= 15 is 0 Å². The van der Waals surface area contributed by atoms with Gasteiger partial charge in [-0.25, -0.2) is 5.43 Å². The van der Waals surface area contributed by atoms with Crippen molar-refractivity contribution in [2.24, 2.45) is 11.0 Å². The molecule has 1 atom stereocenters. The summed E-state index contributed by atoms with van der Waals surface area (Å²) in [6.45, 7) is 6.03. The molecule has 1 heterocycles. The van der Waals surface area contributed by atoms with E-state index in [2.05, 4.69) is 39.8 Å². The summed E-state index contributed by atoms with van der Waals surface area (Å²) in [5.41, 5.74) is 4.27. The van der Waals surface area contributed by atoms with Crippen molar-refractivity contribution >= 4 is 11.6 Å². The Bertz CT molecular complexity index is 649. The standard InChI is InChI=1S/C15H20N6O/c1-4-11(2)12(3)16-17-14(22)10-21-19-15(18-20-21)13-8-6-5-7-9-13/h5-9,11H,4,10H2,1-3H3,(H,17,22)/b16-12-/t11-/m1/s1.